The van der Waals surface area contributed by atoms with Crippen LogP contribution in [0.2, 0.25) is 44.3 Å². The van der Waals surface area contributed by atoms with Gasteiger partial charge in [0.25, 0.3) is 0 Å². The minimum atomic E-state index is -2.29. The summed E-state index contributed by atoms with van der Waals surface area (Å²) in [5, 5.41) is 22.9. The lowest BCUT2D eigenvalue weighted by Gasteiger charge is -2.46. The van der Waals surface area contributed by atoms with Crippen molar-refractivity contribution in [2.75, 3.05) is 13.4 Å². The Morgan fingerprint density at radius 1 is 1.03 bits per heavy atom. The fourth-order valence-corrected chi connectivity index (χ4v) is 8.37. The molecule has 0 bridgehead atoms. The SMILES string of the molecule is CC(=O)O[C@@H]1[C@@H](O)[C@@H](O)[C@H]([Si](C)(C)c2ccccc2)C[C@@H]1C(=O)OCOCC[Si](C)(C)C. The fourth-order valence-electron chi connectivity index (χ4n) is 4.24. The Morgan fingerprint density at radius 2 is 1.66 bits per heavy atom. The summed E-state index contributed by atoms with van der Waals surface area (Å²) < 4.78 is 16.1. The molecule has 0 unspecified atom stereocenters. The van der Waals surface area contributed by atoms with Gasteiger partial charge < -0.3 is 24.4 Å². The number of carbonyl (C=O) groups excluding carboxylic acids is 2. The predicted molar refractivity (Wildman–Crippen MR) is 128 cm³/mol. The second-order valence-electron chi connectivity index (χ2n) is 10.4. The van der Waals surface area contributed by atoms with E-state index in [1.165, 1.54) is 6.92 Å². The van der Waals surface area contributed by atoms with Gasteiger partial charge in [0.05, 0.1) is 20.1 Å². The molecule has 1 aliphatic rings. The summed E-state index contributed by atoms with van der Waals surface area (Å²) in [6.07, 6.45) is -3.39. The maximum absolute atomic E-state index is 12.9. The largest absolute Gasteiger partial charge is 0.459 e. The summed E-state index contributed by atoms with van der Waals surface area (Å²) in [5.74, 6) is -2.08. The van der Waals surface area contributed by atoms with E-state index in [1.807, 2.05) is 30.3 Å². The van der Waals surface area contributed by atoms with E-state index in [-0.39, 0.29) is 18.8 Å². The predicted octanol–water partition coefficient (Wildman–Crippen LogP) is 2.50. The third kappa shape index (κ3) is 6.98. The molecule has 2 N–H and O–H groups in total. The van der Waals surface area contributed by atoms with Crippen molar-refractivity contribution in [3.63, 3.8) is 0 Å². The molecule has 1 aromatic rings. The van der Waals surface area contributed by atoms with Gasteiger partial charge in [0, 0.05) is 21.6 Å². The van der Waals surface area contributed by atoms with Gasteiger partial charge in [-0.2, -0.15) is 0 Å². The van der Waals surface area contributed by atoms with Gasteiger partial charge in [0.1, 0.15) is 12.2 Å². The molecule has 180 valence electrons. The molecule has 0 aliphatic heterocycles. The van der Waals surface area contributed by atoms with Gasteiger partial charge in [-0.3, -0.25) is 9.59 Å². The zero-order chi connectivity index (χ0) is 24.1. The Balaban J connectivity index is 2.17. The number of carbonyl (C=O) groups is 2. The Bertz CT molecular complexity index is 763. The summed E-state index contributed by atoms with van der Waals surface area (Å²) in [6.45, 7) is 12.5. The molecule has 0 aromatic heterocycles. The Labute approximate surface area is 193 Å². The molecule has 0 heterocycles. The Morgan fingerprint density at radius 3 is 2.22 bits per heavy atom. The molecule has 1 saturated carbocycles. The molecule has 5 atom stereocenters. The van der Waals surface area contributed by atoms with E-state index >= 15 is 0 Å². The van der Waals surface area contributed by atoms with Crippen LogP contribution in [0.5, 0.6) is 0 Å². The van der Waals surface area contributed by atoms with E-state index in [1.54, 1.807) is 0 Å². The van der Waals surface area contributed by atoms with Crippen LogP contribution in [0.1, 0.15) is 13.3 Å². The van der Waals surface area contributed by atoms with Crippen molar-refractivity contribution in [1.29, 1.82) is 0 Å². The molecule has 0 saturated heterocycles. The summed E-state index contributed by atoms with van der Waals surface area (Å²) in [7, 11) is -3.54. The van der Waals surface area contributed by atoms with Crippen LogP contribution in [0.4, 0.5) is 0 Å². The van der Waals surface area contributed by atoms with Crippen LogP contribution >= 0.6 is 0 Å². The summed E-state index contributed by atoms with van der Waals surface area (Å²) in [5.41, 5.74) is -0.322. The third-order valence-electron chi connectivity index (χ3n) is 6.33. The van der Waals surface area contributed by atoms with Gasteiger partial charge >= 0.3 is 11.9 Å². The molecule has 7 nitrogen and oxygen atoms in total. The number of ether oxygens (including phenoxy) is 3. The number of benzene rings is 1. The van der Waals surface area contributed by atoms with Gasteiger partial charge in [0.2, 0.25) is 0 Å². The number of aliphatic hydroxyl groups excluding tert-OH is 2. The normalized spacial score (nSPS) is 26.4. The monoisotopic (exact) mass is 482 g/mol. The van der Waals surface area contributed by atoms with Crippen LogP contribution in [0.25, 0.3) is 0 Å². The highest BCUT2D eigenvalue weighted by Crippen LogP contribution is 2.42. The van der Waals surface area contributed by atoms with E-state index in [0.717, 1.165) is 11.2 Å². The van der Waals surface area contributed by atoms with E-state index in [0.29, 0.717) is 6.61 Å². The molecule has 0 spiro atoms. The average Bonchev–Trinajstić information content (AvgIpc) is 2.70. The van der Waals surface area contributed by atoms with Crippen LogP contribution in [-0.2, 0) is 23.8 Å². The number of esters is 2. The van der Waals surface area contributed by atoms with Crippen molar-refractivity contribution in [2.24, 2.45) is 5.92 Å². The standard InChI is InChI=1S/C23H38O7Si2/c1-16(24)30-22-18(23(27)29-15-28-12-13-31(2,3)4)14-19(20(25)21(22)26)32(5,6)17-10-8-7-9-11-17/h7-11,18-22,25-26H,12-15H2,1-6H3/t18-,19+,20-,21-,22-/m0/s1. The Hall–Kier alpha value is -1.53. The van der Waals surface area contributed by atoms with Crippen molar-refractivity contribution < 1.29 is 34.0 Å². The first-order chi connectivity index (χ1) is 14.8. The van der Waals surface area contributed by atoms with Gasteiger partial charge in [-0.05, 0) is 18.0 Å². The van der Waals surface area contributed by atoms with Crippen LogP contribution < -0.4 is 5.19 Å². The van der Waals surface area contributed by atoms with Gasteiger partial charge in [-0.1, -0.05) is 68.3 Å². The summed E-state index contributed by atoms with van der Waals surface area (Å²) >= 11 is 0. The molecule has 1 aliphatic carbocycles. The number of hydrogen-bond donors (Lipinski definition) is 2. The highest BCUT2D eigenvalue weighted by molar-refractivity contribution is 6.91. The van der Waals surface area contributed by atoms with E-state index in [4.69, 9.17) is 14.2 Å². The molecule has 9 heteroatoms. The molecular weight excluding hydrogens is 444 g/mol. The van der Waals surface area contributed by atoms with Crippen LogP contribution in [-0.4, -0.2) is 70.0 Å². The van der Waals surface area contributed by atoms with Crippen LogP contribution in [0.15, 0.2) is 30.3 Å². The number of aliphatic hydroxyl groups is 2. The first-order valence-corrected chi connectivity index (χ1v) is 18.0. The lowest BCUT2D eigenvalue weighted by Crippen LogP contribution is -2.61. The summed E-state index contributed by atoms with van der Waals surface area (Å²) in [4.78, 5) is 24.6. The van der Waals surface area contributed by atoms with Crippen molar-refractivity contribution >= 4 is 33.3 Å². The van der Waals surface area contributed by atoms with Crippen molar-refractivity contribution in [3.8, 4) is 0 Å². The maximum Gasteiger partial charge on any atom is 0.314 e. The molecule has 32 heavy (non-hydrogen) atoms. The highest BCUT2D eigenvalue weighted by atomic mass is 28.3. The minimum Gasteiger partial charge on any atom is -0.459 e. The fraction of sp³-hybridized carbons (Fsp3) is 0.652. The average molecular weight is 483 g/mol. The number of hydrogen-bond acceptors (Lipinski definition) is 7. The van der Waals surface area contributed by atoms with E-state index < -0.39 is 52.3 Å². The highest BCUT2D eigenvalue weighted by Gasteiger charge is 2.53. The molecule has 2 rings (SSSR count). The lowest BCUT2D eigenvalue weighted by atomic mass is 9.82. The molecule has 0 radical (unpaired) electrons. The van der Waals surface area contributed by atoms with Crippen molar-refractivity contribution in [3.05, 3.63) is 30.3 Å². The molecule has 0 amide bonds. The maximum atomic E-state index is 12.9. The van der Waals surface area contributed by atoms with Crippen LogP contribution in [0, 0.1) is 5.92 Å². The second kappa shape index (κ2) is 11.1. The van der Waals surface area contributed by atoms with Gasteiger partial charge in [0.15, 0.2) is 6.79 Å². The quantitative estimate of drug-likeness (QED) is 0.241. The Kier molecular flexibility index (Phi) is 9.24. The molecular formula is C23H38O7Si2. The lowest BCUT2D eigenvalue weighted by molar-refractivity contribution is -0.187. The minimum absolute atomic E-state index is 0.185. The van der Waals surface area contributed by atoms with E-state index in [9.17, 15) is 19.8 Å². The first-order valence-electron chi connectivity index (χ1n) is 11.2. The topological polar surface area (TPSA) is 102 Å². The van der Waals surface area contributed by atoms with Crippen LogP contribution in [0.3, 0.4) is 0 Å². The van der Waals surface area contributed by atoms with Crippen molar-refractivity contribution in [2.45, 2.75) is 76.0 Å². The zero-order valence-electron chi connectivity index (χ0n) is 20.0. The third-order valence-corrected chi connectivity index (χ3v) is 12.3. The van der Waals surface area contributed by atoms with Crippen molar-refractivity contribution in [1.82, 2.24) is 0 Å². The zero-order valence-corrected chi connectivity index (χ0v) is 22.0. The van der Waals surface area contributed by atoms with Gasteiger partial charge in [-0.25, -0.2) is 0 Å². The molecule has 1 fully saturated rings. The number of rotatable bonds is 9. The van der Waals surface area contributed by atoms with E-state index in [2.05, 4.69) is 32.7 Å². The second-order valence-corrected chi connectivity index (χ2v) is 20.8. The van der Waals surface area contributed by atoms with Gasteiger partial charge in [-0.15, -0.1) is 0 Å². The molecule has 1 aromatic carbocycles. The smallest absolute Gasteiger partial charge is 0.314 e. The summed E-state index contributed by atoms with van der Waals surface area (Å²) in [6, 6.07) is 10.8. The first kappa shape index (κ1) is 26.7.